The monoisotopic (exact) mass is 303 g/mol. The predicted molar refractivity (Wildman–Crippen MR) is 72.7 cm³/mol. The number of aliphatic carboxylic acids is 2. The summed E-state index contributed by atoms with van der Waals surface area (Å²) in [5.74, 6) is -2.61. The van der Waals surface area contributed by atoms with Gasteiger partial charge in [-0.05, 0) is 12.3 Å². The number of rotatable bonds is 9. The van der Waals surface area contributed by atoms with Crippen molar-refractivity contribution in [1.82, 2.24) is 16.0 Å². The molecule has 9 nitrogen and oxygen atoms in total. The lowest BCUT2D eigenvalue weighted by molar-refractivity contribution is -0.140. The van der Waals surface area contributed by atoms with E-state index in [1.165, 1.54) is 0 Å². The fraction of sp³-hybridized carbons (Fsp3) is 0.667. The van der Waals surface area contributed by atoms with Crippen molar-refractivity contribution in [1.29, 1.82) is 0 Å². The summed E-state index contributed by atoms with van der Waals surface area (Å²) in [6.07, 6.45) is -0.621. The molecule has 0 aliphatic carbocycles. The van der Waals surface area contributed by atoms with Crippen LogP contribution in [-0.4, -0.2) is 53.2 Å². The molecule has 0 saturated carbocycles. The van der Waals surface area contributed by atoms with Gasteiger partial charge in [0.15, 0.2) is 0 Å². The van der Waals surface area contributed by atoms with Gasteiger partial charge in [0.25, 0.3) is 0 Å². The largest absolute Gasteiger partial charge is 0.481 e. The van der Waals surface area contributed by atoms with Crippen LogP contribution in [0.15, 0.2) is 0 Å². The second-order valence-corrected chi connectivity index (χ2v) is 4.85. The molecular formula is C12H21N3O6. The zero-order valence-electron chi connectivity index (χ0n) is 12.0. The lowest BCUT2D eigenvalue weighted by atomic mass is 10.1. The maximum Gasteiger partial charge on any atom is 0.326 e. The van der Waals surface area contributed by atoms with Gasteiger partial charge in [0, 0.05) is 13.0 Å². The lowest BCUT2D eigenvalue weighted by Gasteiger charge is -2.14. The SMILES string of the molecule is CC(C)CNC(=O)CNC(=O)N[C@@H](CCC(=O)O)C(=O)O. The van der Waals surface area contributed by atoms with E-state index in [0.29, 0.717) is 6.54 Å². The summed E-state index contributed by atoms with van der Waals surface area (Å²) in [5, 5.41) is 24.2. The Bertz CT molecular complexity index is 396. The minimum Gasteiger partial charge on any atom is -0.481 e. The fourth-order valence-electron chi connectivity index (χ4n) is 1.28. The molecule has 21 heavy (non-hydrogen) atoms. The highest BCUT2D eigenvalue weighted by molar-refractivity contribution is 5.86. The molecule has 9 heteroatoms. The molecule has 0 rings (SSSR count). The first kappa shape index (κ1) is 18.7. The van der Waals surface area contributed by atoms with Gasteiger partial charge in [-0.2, -0.15) is 0 Å². The Labute approximate surface area is 122 Å². The summed E-state index contributed by atoms with van der Waals surface area (Å²) in [4.78, 5) is 44.0. The summed E-state index contributed by atoms with van der Waals surface area (Å²) < 4.78 is 0. The molecule has 0 aliphatic rings. The fourth-order valence-corrected chi connectivity index (χ4v) is 1.28. The van der Waals surface area contributed by atoms with E-state index in [-0.39, 0.29) is 25.3 Å². The number of amides is 3. The molecule has 0 aliphatic heterocycles. The van der Waals surface area contributed by atoms with Crippen LogP contribution in [0.5, 0.6) is 0 Å². The van der Waals surface area contributed by atoms with Crippen molar-refractivity contribution in [2.45, 2.75) is 32.7 Å². The Morgan fingerprint density at radius 1 is 1.05 bits per heavy atom. The molecule has 0 saturated heterocycles. The highest BCUT2D eigenvalue weighted by atomic mass is 16.4. The number of carboxylic acid groups (broad SMARTS) is 2. The molecule has 0 bridgehead atoms. The van der Waals surface area contributed by atoms with E-state index in [4.69, 9.17) is 10.2 Å². The van der Waals surface area contributed by atoms with Gasteiger partial charge in [0.05, 0.1) is 6.54 Å². The summed E-state index contributed by atoms with van der Waals surface area (Å²) in [6, 6.07) is -2.16. The first-order chi connectivity index (χ1) is 9.72. The van der Waals surface area contributed by atoms with Gasteiger partial charge in [-0.1, -0.05) is 13.8 Å². The molecule has 120 valence electrons. The van der Waals surface area contributed by atoms with Crippen LogP contribution in [0.4, 0.5) is 4.79 Å². The quantitative estimate of drug-likeness (QED) is 0.383. The Balaban J connectivity index is 4.11. The van der Waals surface area contributed by atoms with Crippen molar-refractivity contribution >= 4 is 23.9 Å². The van der Waals surface area contributed by atoms with Crippen LogP contribution >= 0.6 is 0 Å². The number of hydrogen-bond donors (Lipinski definition) is 5. The third-order valence-electron chi connectivity index (χ3n) is 2.37. The molecule has 0 heterocycles. The van der Waals surface area contributed by atoms with Crippen LogP contribution in [0, 0.1) is 5.92 Å². The Morgan fingerprint density at radius 2 is 1.67 bits per heavy atom. The van der Waals surface area contributed by atoms with Crippen LogP contribution < -0.4 is 16.0 Å². The van der Waals surface area contributed by atoms with Gasteiger partial charge >= 0.3 is 18.0 Å². The maximum absolute atomic E-state index is 11.4. The summed E-state index contributed by atoms with van der Waals surface area (Å²) in [7, 11) is 0. The van der Waals surface area contributed by atoms with Crippen molar-refractivity contribution in [2.24, 2.45) is 5.92 Å². The van der Waals surface area contributed by atoms with Crippen LogP contribution in [-0.2, 0) is 14.4 Å². The number of hydrogen-bond acceptors (Lipinski definition) is 4. The molecule has 0 aromatic carbocycles. The third kappa shape index (κ3) is 10.2. The van der Waals surface area contributed by atoms with Gasteiger partial charge in [-0.25, -0.2) is 9.59 Å². The minimum atomic E-state index is -1.34. The molecular weight excluding hydrogens is 282 g/mol. The van der Waals surface area contributed by atoms with E-state index in [1.807, 2.05) is 13.8 Å². The molecule has 0 aromatic rings. The standard InChI is InChI=1S/C12H21N3O6/c1-7(2)5-13-9(16)6-14-12(21)15-8(11(19)20)3-4-10(17)18/h7-8H,3-6H2,1-2H3,(H,13,16)(H,17,18)(H,19,20)(H2,14,15,21)/t8-/m0/s1. The topological polar surface area (TPSA) is 145 Å². The van der Waals surface area contributed by atoms with Crippen molar-refractivity contribution in [3.8, 4) is 0 Å². The van der Waals surface area contributed by atoms with E-state index >= 15 is 0 Å². The highest BCUT2D eigenvalue weighted by Crippen LogP contribution is 1.97. The summed E-state index contributed by atoms with van der Waals surface area (Å²) in [5.41, 5.74) is 0. The lowest BCUT2D eigenvalue weighted by Crippen LogP contribution is -2.48. The zero-order valence-corrected chi connectivity index (χ0v) is 12.0. The van der Waals surface area contributed by atoms with E-state index in [0.717, 1.165) is 0 Å². The van der Waals surface area contributed by atoms with Gasteiger partial charge in [-0.3, -0.25) is 9.59 Å². The van der Waals surface area contributed by atoms with Gasteiger partial charge < -0.3 is 26.2 Å². The number of nitrogens with one attached hydrogen (secondary N) is 3. The molecule has 0 spiro atoms. The van der Waals surface area contributed by atoms with Crippen LogP contribution in [0.2, 0.25) is 0 Å². The Morgan fingerprint density at radius 3 is 2.14 bits per heavy atom. The number of urea groups is 1. The van der Waals surface area contributed by atoms with Crippen LogP contribution in [0.3, 0.4) is 0 Å². The third-order valence-corrected chi connectivity index (χ3v) is 2.37. The average molecular weight is 303 g/mol. The van der Waals surface area contributed by atoms with Gasteiger partial charge in [0.2, 0.25) is 5.91 Å². The average Bonchev–Trinajstić information content (AvgIpc) is 2.38. The Kier molecular flexibility index (Phi) is 8.51. The van der Waals surface area contributed by atoms with Crippen molar-refractivity contribution in [3.63, 3.8) is 0 Å². The molecule has 0 aromatic heterocycles. The normalized spacial score (nSPS) is 11.6. The highest BCUT2D eigenvalue weighted by Gasteiger charge is 2.20. The maximum atomic E-state index is 11.4. The van der Waals surface area contributed by atoms with Gasteiger partial charge in [0.1, 0.15) is 6.04 Å². The molecule has 3 amide bonds. The second kappa shape index (κ2) is 9.56. The summed E-state index contributed by atoms with van der Waals surface area (Å²) in [6.45, 7) is 4.02. The minimum absolute atomic E-state index is 0.238. The molecule has 1 atom stereocenters. The first-order valence-corrected chi connectivity index (χ1v) is 6.48. The molecule has 0 radical (unpaired) electrons. The van der Waals surface area contributed by atoms with Crippen LogP contribution in [0.1, 0.15) is 26.7 Å². The smallest absolute Gasteiger partial charge is 0.326 e. The zero-order chi connectivity index (χ0) is 16.4. The number of carbonyl (C=O) groups is 4. The van der Waals surface area contributed by atoms with Crippen molar-refractivity contribution < 1.29 is 29.4 Å². The first-order valence-electron chi connectivity index (χ1n) is 6.48. The Hall–Kier alpha value is -2.32. The van der Waals surface area contributed by atoms with Crippen LogP contribution in [0.25, 0.3) is 0 Å². The summed E-state index contributed by atoms with van der Waals surface area (Å²) >= 11 is 0. The van der Waals surface area contributed by atoms with Crippen molar-refractivity contribution in [2.75, 3.05) is 13.1 Å². The van der Waals surface area contributed by atoms with E-state index in [2.05, 4.69) is 16.0 Å². The van der Waals surface area contributed by atoms with E-state index in [9.17, 15) is 19.2 Å². The van der Waals surface area contributed by atoms with Gasteiger partial charge in [-0.15, -0.1) is 0 Å². The predicted octanol–water partition coefficient (Wildman–Crippen LogP) is -0.624. The molecule has 5 N–H and O–H groups in total. The number of carboxylic acids is 2. The molecule has 0 unspecified atom stereocenters. The molecule has 0 fully saturated rings. The number of carbonyl (C=O) groups excluding carboxylic acids is 2. The second-order valence-electron chi connectivity index (χ2n) is 4.85. The van der Waals surface area contributed by atoms with E-state index in [1.54, 1.807) is 0 Å². The van der Waals surface area contributed by atoms with Crippen molar-refractivity contribution in [3.05, 3.63) is 0 Å². The van der Waals surface area contributed by atoms with E-state index < -0.39 is 29.9 Å².